The molecule has 5 rings (SSSR count). The number of aromatic nitrogens is 2. The molecule has 4 aromatic rings. The van der Waals surface area contributed by atoms with Crippen molar-refractivity contribution >= 4 is 42.7 Å². The third-order valence-corrected chi connectivity index (χ3v) is 8.21. The Balaban J connectivity index is 0.000000342. The van der Waals surface area contributed by atoms with Gasteiger partial charge in [0, 0.05) is 55.0 Å². The van der Waals surface area contributed by atoms with Crippen LogP contribution >= 0.6 is 15.9 Å². The highest BCUT2D eigenvalue weighted by atomic mass is 79.9. The van der Waals surface area contributed by atoms with Crippen LogP contribution < -0.4 is 9.64 Å². The topological polar surface area (TPSA) is 67.7 Å². The number of fused-ring (bicyclic) bond motifs is 1. The number of pyridine rings is 1. The third kappa shape index (κ3) is 6.80. The lowest BCUT2D eigenvalue weighted by molar-refractivity contribution is 0.250. The summed E-state index contributed by atoms with van der Waals surface area (Å²) >= 11 is 3.51. The number of halogens is 1. The van der Waals surface area contributed by atoms with E-state index in [9.17, 15) is 8.42 Å². The van der Waals surface area contributed by atoms with E-state index in [1.54, 1.807) is 13.3 Å². The summed E-state index contributed by atoms with van der Waals surface area (Å²) in [5.74, 6) is 1.82. The Morgan fingerprint density at radius 3 is 2.38 bits per heavy atom. The summed E-state index contributed by atoms with van der Waals surface area (Å²) < 4.78 is 32.6. The lowest BCUT2D eigenvalue weighted by Gasteiger charge is -2.35. The molecule has 1 aliphatic heterocycles. The minimum absolute atomic E-state index is 0.0883. The molecule has 2 aromatic heterocycles. The number of nitrogens with zero attached hydrogens (tertiary/aromatic N) is 4. The number of benzene rings is 2. The molecular weight excluding hydrogens is 552 g/mol. The van der Waals surface area contributed by atoms with Gasteiger partial charge in [-0.2, -0.15) is 0 Å². The molecule has 9 heteroatoms. The van der Waals surface area contributed by atoms with Gasteiger partial charge in [-0.1, -0.05) is 46.3 Å². The Morgan fingerprint density at radius 2 is 1.76 bits per heavy atom. The average Bonchev–Trinajstić information content (AvgIpc) is 3.28. The molecule has 0 aliphatic carbocycles. The fraction of sp³-hybridized carbons (Fsp3) is 0.250. The fourth-order valence-electron chi connectivity index (χ4n) is 4.30. The lowest BCUT2D eigenvalue weighted by atomic mass is 10.1. The number of hydrogen-bond acceptors (Lipinski definition) is 6. The minimum atomic E-state index is -3.47. The van der Waals surface area contributed by atoms with Gasteiger partial charge in [0.2, 0.25) is 10.0 Å². The van der Waals surface area contributed by atoms with Gasteiger partial charge in [0.15, 0.2) is 0 Å². The molecule has 1 fully saturated rings. The quantitative estimate of drug-likeness (QED) is 0.280. The van der Waals surface area contributed by atoms with Crippen LogP contribution in [0.15, 0.2) is 96.3 Å². The Kier molecular flexibility index (Phi) is 9.02. The largest absolute Gasteiger partial charge is 0.497 e. The standard InChI is InChI=1S/C21H23BrN4O2S.C7H8O/c1-2-13-29(27,28)26-16-17(19-14-18(22)6-7-20(19)26)15-24-9-11-25(12-10-24)21-5-3-4-8-23-21;1-8-7-5-3-2-4-6-7/h2-8,14,16H,1,9-13,15H2;2-6H,1H3. The first-order chi connectivity index (χ1) is 17.9. The molecule has 1 saturated heterocycles. The molecule has 0 saturated carbocycles. The monoisotopic (exact) mass is 582 g/mol. The summed E-state index contributed by atoms with van der Waals surface area (Å²) in [5.41, 5.74) is 1.72. The van der Waals surface area contributed by atoms with Crippen molar-refractivity contribution in [1.82, 2.24) is 13.9 Å². The van der Waals surface area contributed by atoms with Crippen LogP contribution in [0.3, 0.4) is 0 Å². The maximum Gasteiger partial charge on any atom is 0.242 e. The fourth-order valence-corrected chi connectivity index (χ4v) is 5.86. The number of hydrogen-bond donors (Lipinski definition) is 0. The predicted octanol–water partition coefficient (Wildman–Crippen LogP) is 5.18. The number of methoxy groups -OCH3 is 1. The van der Waals surface area contributed by atoms with Crippen LogP contribution in [-0.2, 0) is 16.6 Å². The maximum atomic E-state index is 12.7. The van der Waals surface area contributed by atoms with Gasteiger partial charge in [-0.3, -0.25) is 4.90 Å². The van der Waals surface area contributed by atoms with Gasteiger partial charge in [0.25, 0.3) is 0 Å². The van der Waals surface area contributed by atoms with Gasteiger partial charge >= 0.3 is 0 Å². The van der Waals surface area contributed by atoms with Crippen LogP contribution in [-0.4, -0.2) is 61.3 Å². The number of para-hydroxylation sites is 1. The summed E-state index contributed by atoms with van der Waals surface area (Å²) in [4.78, 5) is 9.08. The zero-order chi connectivity index (χ0) is 26.3. The molecule has 0 spiro atoms. The normalized spacial score (nSPS) is 14.2. The molecule has 2 aromatic carbocycles. The number of anilines is 1. The Labute approximate surface area is 227 Å². The van der Waals surface area contributed by atoms with Crippen molar-refractivity contribution < 1.29 is 13.2 Å². The van der Waals surface area contributed by atoms with E-state index in [2.05, 4.69) is 37.3 Å². The van der Waals surface area contributed by atoms with Gasteiger partial charge < -0.3 is 9.64 Å². The summed E-state index contributed by atoms with van der Waals surface area (Å²) in [6, 6.07) is 21.4. The second kappa shape index (κ2) is 12.4. The molecule has 0 amide bonds. The van der Waals surface area contributed by atoms with Crippen molar-refractivity contribution in [2.24, 2.45) is 0 Å². The van der Waals surface area contributed by atoms with Gasteiger partial charge in [-0.15, -0.1) is 6.58 Å². The average molecular weight is 584 g/mol. The minimum Gasteiger partial charge on any atom is -0.497 e. The second-order valence-corrected chi connectivity index (χ2v) is 11.5. The smallest absolute Gasteiger partial charge is 0.242 e. The zero-order valence-electron chi connectivity index (χ0n) is 20.8. The van der Waals surface area contributed by atoms with E-state index in [0.717, 1.165) is 53.2 Å². The molecule has 0 bridgehead atoms. The number of piperazine rings is 1. The van der Waals surface area contributed by atoms with E-state index >= 15 is 0 Å². The van der Waals surface area contributed by atoms with Crippen LogP contribution in [0, 0.1) is 0 Å². The molecular formula is C28H31BrN4O3S. The first-order valence-corrected chi connectivity index (χ1v) is 14.4. The molecule has 7 nitrogen and oxygen atoms in total. The first kappa shape index (κ1) is 26.9. The molecule has 3 heterocycles. The van der Waals surface area contributed by atoms with Gasteiger partial charge in [0.1, 0.15) is 11.6 Å². The molecule has 0 N–H and O–H groups in total. The second-order valence-electron chi connectivity index (χ2n) is 8.65. The Morgan fingerprint density at radius 1 is 1.03 bits per heavy atom. The van der Waals surface area contributed by atoms with Crippen LogP contribution in [0.5, 0.6) is 5.75 Å². The van der Waals surface area contributed by atoms with E-state index in [1.165, 1.54) is 10.0 Å². The summed E-state index contributed by atoms with van der Waals surface area (Å²) in [6.07, 6.45) is 5.01. The SMILES string of the molecule is C=CCS(=O)(=O)n1cc(CN2CCN(c3ccccn3)CC2)c2cc(Br)ccc21.COc1ccccc1. The van der Waals surface area contributed by atoms with Crippen molar-refractivity contribution in [2.75, 3.05) is 43.9 Å². The molecule has 0 unspecified atom stereocenters. The molecule has 0 radical (unpaired) electrons. The molecule has 0 atom stereocenters. The lowest BCUT2D eigenvalue weighted by Crippen LogP contribution is -2.46. The van der Waals surface area contributed by atoms with Crippen LogP contribution in [0.1, 0.15) is 5.56 Å². The van der Waals surface area contributed by atoms with Crippen molar-refractivity contribution in [1.29, 1.82) is 0 Å². The first-order valence-electron chi connectivity index (χ1n) is 12.0. The van der Waals surface area contributed by atoms with E-state index in [4.69, 9.17) is 4.74 Å². The van der Waals surface area contributed by atoms with Crippen LogP contribution in [0.2, 0.25) is 0 Å². The number of rotatable bonds is 7. The zero-order valence-corrected chi connectivity index (χ0v) is 23.2. The van der Waals surface area contributed by atoms with Gasteiger partial charge in [-0.05, 0) is 48.0 Å². The highest BCUT2D eigenvalue weighted by Crippen LogP contribution is 2.28. The molecule has 37 heavy (non-hydrogen) atoms. The summed E-state index contributed by atoms with van der Waals surface area (Å²) in [5, 5.41) is 0.958. The van der Waals surface area contributed by atoms with E-state index < -0.39 is 10.0 Å². The van der Waals surface area contributed by atoms with E-state index in [1.807, 2.05) is 72.9 Å². The Bertz CT molecular complexity index is 1420. The highest BCUT2D eigenvalue weighted by molar-refractivity contribution is 9.10. The Hall–Kier alpha value is -3.14. The van der Waals surface area contributed by atoms with E-state index in [-0.39, 0.29) is 5.75 Å². The predicted molar refractivity (Wildman–Crippen MR) is 154 cm³/mol. The van der Waals surface area contributed by atoms with Gasteiger partial charge in [0.05, 0.1) is 18.4 Å². The summed E-state index contributed by atoms with van der Waals surface area (Å²) in [6.45, 7) is 7.88. The van der Waals surface area contributed by atoms with Crippen molar-refractivity contribution in [2.45, 2.75) is 6.54 Å². The maximum absolute atomic E-state index is 12.7. The molecule has 194 valence electrons. The highest BCUT2D eigenvalue weighted by Gasteiger charge is 2.22. The van der Waals surface area contributed by atoms with Crippen LogP contribution in [0.4, 0.5) is 5.82 Å². The van der Waals surface area contributed by atoms with Crippen molar-refractivity contribution in [3.05, 3.63) is 102 Å². The van der Waals surface area contributed by atoms with Crippen molar-refractivity contribution in [3.8, 4) is 5.75 Å². The van der Waals surface area contributed by atoms with Gasteiger partial charge in [-0.25, -0.2) is 17.4 Å². The summed E-state index contributed by atoms with van der Waals surface area (Å²) in [7, 11) is -1.80. The van der Waals surface area contributed by atoms with Crippen LogP contribution in [0.25, 0.3) is 10.9 Å². The molecule has 1 aliphatic rings. The van der Waals surface area contributed by atoms with Crippen molar-refractivity contribution in [3.63, 3.8) is 0 Å². The number of ether oxygens (including phenoxy) is 1. The van der Waals surface area contributed by atoms with E-state index in [0.29, 0.717) is 12.1 Å². The third-order valence-electron chi connectivity index (χ3n) is 6.16.